The Morgan fingerprint density at radius 2 is 1.40 bits per heavy atom. The normalized spacial score (nSPS) is 13.2. The van der Waals surface area contributed by atoms with Crippen LogP contribution in [-0.2, 0) is 9.84 Å². The molecule has 0 aromatic heterocycles. The molecule has 5 heteroatoms. The molecule has 0 aliphatic rings. The van der Waals surface area contributed by atoms with Gasteiger partial charge in [-0.25, -0.2) is 8.42 Å². The Bertz CT molecular complexity index is 672. The summed E-state index contributed by atoms with van der Waals surface area (Å²) in [7, 11) is -3.14. The van der Waals surface area contributed by atoms with Gasteiger partial charge < -0.3 is 5.11 Å². The van der Waals surface area contributed by atoms with E-state index in [0.717, 1.165) is 15.4 Å². The summed E-state index contributed by atoms with van der Waals surface area (Å²) in [6, 6.07) is 14.5. The number of benzene rings is 2. The summed E-state index contributed by atoms with van der Waals surface area (Å²) in [6.07, 6.45) is 0.729. The molecule has 0 aliphatic carbocycles. The third-order valence-electron chi connectivity index (χ3n) is 2.85. The van der Waals surface area contributed by atoms with Crippen LogP contribution in [-0.4, -0.2) is 19.8 Å². The van der Waals surface area contributed by atoms with Crippen molar-refractivity contribution >= 4 is 21.6 Å². The largest absolute Gasteiger partial charge is 0.389 e. The van der Waals surface area contributed by atoms with Crippen molar-refractivity contribution in [2.24, 2.45) is 0 Å². The lowest BCUT2D eigenvalue weighted by atomic mass is 10.1. The van der Waals surface area contributed by atoms with Crippen LogP contribution < -0.4 is 0 Å². The number of aliphatic hydroxyl groups excluding tert-OH is 1. The fraction of sp³-hybridized carbons (Fsp3) is 0.200. The second-order valence-corrected chi connectivity index (χ2v) is 7.75. The van der Waals surface area contributed by atoms with Gasteiger partial charge in [0.25, 0.3) is 0 Å². The molecule has 0 radical (unpaired) electrons. The van der Waals surface area contributed by atoms with E-state index in [0.29, 0.717) is 4.90 Å². The first kappa shape index (κ1) is 15.1. The van der Waals surface area contributed by atoms with E-state index in [2.05, 4.69) is 0 Å². The van der Waals surface area contributed by atoms with E-state index in [-0.39, 0.29) is 0 Å². The number of hydrogen-bond donors (Lipinski definition) is 1. The molecule has 0 amide bonds. The monoisotopic (exact) mass is 308 g/mol. The number of hydrogen-bond acceptors (Lipinski definition) is 4. The number of rotatable bonds is 4. The molecule has 0 fully saturated rings. The van der Waals surface area contributed by atoms with Crippen molar-refractivity contribution in [3.8, 4) is 0 Å². The first-order valence-electron chi connectivity index (χ1n) is 6.12. The van der Waals surface area contributed by atoms with Crippen molar-refractivity contribution in [1.29, 1.82) is 0 Å². The van der Waals surface area contributed by atoms with Crippen molar-refractivity contribution < 1.29 is 13.5 Å². The number of aliphatic hydroxyl groups is 1. The Kier molecular flexibility index (Phi) is 4.52. The average Bonchev–Trinajstić information content (AvgIpc) is 2.39. The lowest BCUT2D eigenvalue weighted by molar-refractivity contribution is 0.199. The summed E-state index contributed by atoms with van der Waals surface area (Å²) in [5, 5.41) is 9.45. The van der Waals surface area contributed by atoms with Gasteiger partial charge >= 0.3 is 0 Å². The molecule has 1 unspecified atom stereocenters. The molecule has 0 bridgehead atoms. The highest BCUT2D eigenvalue weighted by Gasteiger charge is 2.07. The highest BCUT2D eigenvalue weighted by atomic mass is 32.2. The van der Waals surface area contributed by atoms with Gasteiger partial charge in [-0.3, -0.25) is 0 Å². The van der Waals surface area contributed by atoms with Crippen LogP contribution in [0.3, 0.4) is 0 Å². The maximum absolute atomic E-state index is 11.4. The second kappa shape index (κ2) is 5.99. The fourth-order valence-corrected chi connectivity index (χ4v) is 3.15. The van der Waals surface area contributed by atoms with E-state index < -0.39 is 15.9 Å². The van der Waals surface area contributed by atoms with Crippen molar-refractivity contribution in [3.05, 3.63) is 54.1 Å². The van der Waals surface area contributed by atoms with E-state index in [4.69, 9.17) is 0 Å². The highest BCUT2D eigenvalue weighted by Crippen LogP contribution is 2.29. The van der Waals surface area contributed by atoms with Crippen molar-refractivity contribution in [3.63, 3.8) is 0 Å². The summed E-state index contributed by atoms with van der Waals surface area (Å²) in [5.74, 6) is 0. The Balaban J connectivity index is 2.14. The Morgan fingerprint density at radius 1 is 0.950 bits per heavy atom. The molecule has 3 nitrogen and oxygen atoms in total. The summed E-state index contributed by atoms with van der Waals surface area (Å²) in [6.45, 7) is 1.73. The molecule has 0 aliphatic heterocycles. The second-order valence-electron chi connectivity index (χ2n) is 4.59. The van der Waals surface area contributed by atoms with Crippen LogP contribution >= 0.6 is 11.8 Å². The van der Waals surface area contributed by atoms with Crippen LogP contribution in [0.15, 0.2) is 63.2 Å². The third kappa shape index (κ3) is 3.85. The Morgan fingerprint density at radius 3 is 1.80 bits per heavy atom. The van der Waals surface area contributed by atoms with E-state index in [1.807, 2.05) is 24.3 Å². The molecule has 0 spiro atoms. The van der Waals surface area contributed by atoms with Gasteiger partial charge in [0.2, 0.25) is 0 Å². The first-order valence-corrected chi connectivity index (χ1v) is 8.83. The zero-order valence-corrected chi connectivity index (χ0v) is 12.9. The van der Waals surface area contributed by atoms with Gasteiger partial charge in [-0.05, 0) is 48.9 Å². The third-order valence-corrected chi connectivity index (χ3v) is 4.99. The summed E-state index contributed by atoms with van der Waals surface area (Å²) >= 11 is 1.55. The van der Waals surface area contributed by atoms with Gasteiger partial charge in [-0.2, -0.15) is 0 Å². The lowest BCUT2D eigenvalue weighted by Crippen LogP contribution is -1.95. The van der Waals surface area contributed by atoms with Crippen LogP contribution in [0.1, 0.15) is 18.6 Å². The van der Waals surface area contributed by atoms with Crippen LogP contribution in [0.5, 0.6) is 0 Å². The standard InChI is InChI=1S/C15H16O3S2/c1-11(16)12-3-5-13(6-4-12)19-14-7-9-15(10-8-14)20(2,17)18/h3-11,16H,1-2H3. The molecule has 0 heterocycles. The first-order chi connectivity index (χ1) is 9.36. The average molecular weight is 308 g/mol. The molecule has 106 valence electrons. The van der Waals surface area contributed by atoms with Gasteiger partial charge in [-0.1, -0.05) is 23.9 Å². The smallest absolute Gasteiger partial charge is 0.175 e. The predicted molar refractivity (Wildman–Crippen MR) is 80.8 cm³/mol. The Labute approximate surface area is 123 Å². The summed E-state index contributed by atoms with van der Waals surface area (Å²) in [4.78, 5) is 2.34. The Hall–Kier alpha value is -1.30. The zero-order chi connectivity index (χ0) is 14.8. The van der Waals surface area contributed by atoms with Crippen molar-refractivity contribution in [2.45, 2.75) is 27.7 Å². The molecule has 2 aromatic rings. The van der Waals surface area contributed by atoms with E-state index in [1.165, 1.54) is 6.26 Å². The molecule has 2 aromatic carbocycles. The molecule has 1 N–H and O–H groups in total. The summed E-state index contributed by atoms with van der Waals surface area (Å²) < 4.78 is 22.7. The fourth-order valence-electron chi connectivity index (χ4n) is 1.71. The minimum Gasteiger partial charge on any atom is -0.389 e. The van der Waals surface area contributed by atoms with Crippen LogP contribution in [0.4, 0.5) is 0 Å². The minimum atomic E-state index is -3.14. The van der Waals surface area contributed by atoms with E-state index in [1.54, 1.807) is 43.0 Å². The lowest BCUT2D eigenvalue weighted by Gasteiger charge is -2.06. The maximum atomic E-state index is 11.4. The maximum Gasteiger partial charge on any atom is 0.175 e. The van der Waals surface area contributed by atoms with Crippen molar-refractivity contribution in [1.82, 2.24) is 0 Å². The van der Waals surface area contributed by atoms with Gasteiger partial charge in [-0.15, -0.1) is 0 Å². The van der Waals surface area contributed by atoms with E-state index in [9.17, 15) is 13.5 Å². The SMILES string of the molecule is CC(O)c1ccc(Sc2ccc(S(C)(=O)=O)cc2)cc1. The van der Waals surface area contributed by atoms with Crippen molar-refractivity contribution in [2.75, 3.05) is 6.26 Å². The minimum absolute atomic E-state index is 0.325. The highest BCUT2D eigenvalue weighted by molar-refractivity contribution is 7.99. The molecular formula is C15H16O3S2. The van der Waals surface area contributed by atoms with E-state index >= 15 is 0 Å². The van der Waals surface area contributed by atoms with Crippen LogP contribution in [0, 0.1) is 0 Å². The van der Waals surface area contributed by atoms with Crippen LogP contribution in [0.2, 0.25) is 0 Å². The molecular weight excluding hydrogens is 292 g/mol. The van der Waals surface area contributed by atoms with Crippen LogP contribution in [0.25, 0.3) is 0 Å². The molecule has 1 atom stereocenters. The predicted octanol–water partition coefficient (Wildman–Crippen LogP) is 3.29. The number of sulfone groups is 1. The topological polar surface area (TPSA) is 54.4 Å². The van der Waals surface area contributed by atoms with Gasteiger partial charge in [0.1, 0.15) is 0 Å². The molecule has 2 rings (SSSR count). The molecule has 0 saturated heterocycles. The zero-order valence-electron chi connectivity index (χ0n) is 11.3. The van der Waals surface area contributed by atoms with Gasteiger partial charge in [0, 0.05) is 16.0 Å². The van der Waals surface area contributed by atoms with Gasteiger partial charge in [0.15, 0.2) is 9.84 Å². The quantitative estimate of drug-likeness (QED) is 0.941. The summed E-state index contributed by atoms with van der Waals surface area (Å²) in [5.41, 5.74) is 0.877. The molecule has 0 saturated carbocycles. The molecule has 20 heavy (non-hydrogen) atoms. The van der Waals surface area contributed by atoms with Gasteiger partial charge in [0.05, 0.1) is 11.0 Å².